The number of benzene rings is 1. The van der Waals surface area contributed by atoms with Crippen LogP contribution in [0.5, 0.6) is 0 Å². The lowest BCUT2D eigenvalue weighted by molar-refractivity contribution is 0.0647. The smallest absolute Gasteiger partial charge is 0.256 e. The molecule has 0 heterocycles. The van der Waals surface area contributed by atoms with Crippen LogP contribution >= 0.6 is 0 Å². The van der Waals surface area contributed by atoms with Crippen LogP contribution in [0, 0.1) is 17.7 Å². The first kappa shape index (κ1) is 13.6. The number of rotatable bonds is 2. The zero-order valence-electron chi connectivity index (χ0n) is 10.9. The summed E-state index contributed by atoms with van der Waals surface area (Å²) in [6.07, 6.45) is 3.12. The highest BCUT2D eigenvalue weighted by atomic mass is 19.1. The molecule has 4 heteroatoms. The monoisotopic (exact) mass is 260 g/mol. The van der Waals surface area contributed by atoms with Crippen LogP contribution in [0.25, 0.3) is 0 Å². The lowest BCUT2D eigenvalue weighted by Crippen LogP contribution is -2.41. The quantitative estimate of drug-likeness (QED) is 0.824. The van der Waals surface area contributed by atoms with Crippen molar-refractivity contribution in [2.75, 3.05) is 13.6 Å². The maximum atomic E-state index is 13.8. The minimum absolute atomic E-state index is 0.0817. The molecule has 1 fully saturated rings. The lowest BCUT2D eigenvalue weighted by Gasteiger charge is -2.34. The molecule has 100 valence electrons. The molecule has 2 rings (SSSR count). The second-order valence-electron chi connectivity index (χ2n) is 4.70. The largest absolute Gasteiger partial charge is 0.339 e. The third-order valence-electron chi connectivity index (χ3n) is 3.47. The molecule has 0 radical (unpaired) electrons. The summed E-state index contributed by atoms with van der Waals surface area (Å²) in [6, 6.07) is 4.57. The number of halogens is 1. The fourth-order valence-electron chi connectivity index (χ4n) is 2.05. The Morgan fingerprint density at radius 2 is 2.26 bits per heavy atom. The van der Waals surface area contributed by atoms with Crippen molar-refractivity contribution in [1.29, 1.82) is 0 Å². The molecule has 19 heavy (non-hydrogen) atoms. The van der Waals surface area contributed by atoms with Crippen molar-refractivity contribution in [3.63, 3.8) is 0 Å². The van der Waals surface area contributed by atoms with E-state index in [1.54, 1.807) is 18.0 Å². The maximum Gasteiger partial charge on any atom is 0.256 e. The summed E-state index contributed by atoms with van der Waals surface area (Å²) in [5.41, 5.74) is 5.99. The number of carbonyl (C=O) groups excluding carboxylic acids is 1. The predicted molar refractivity (Wildman–Crippen MR) is 72.1 cm³/mol. The Labute approximate surface area is 112 Å². The average molecular weight is 260 g/mol. The number of carbonyl (C=O) groups is 1. The van der Waals surface area contributed by atoms with E-state index in [1.165, 1.54) is 12.1 Å². The molecule has 1 saturated carbocycles. The van der Waals surface area contributed by atoms with Crippen molar-refractivity contribution in [3.05, 3.63) is 35.1 Å². The van der Waals surface area contributed by atoms with Crippen LogP contribution in [0.2, 0.25) is 0 Å². The van der Waals surface area contributed by atoms with Crippen LogP contribution in [0.3, 0.4) is 0 Å². The first-order chi connectivity index (χ1) is 9.13. The van der Waals surface area contributed by atoms with Crippen molar-refractivity contribution in [2.45, 2.75) is 25.3 Å². The standard InChI is InChI=1S/C15H17FN2O/c1-18(12-5-2-6-12)15(19)13-10-11(4-3-9-17)7-8-14(13)16/h7-8,10,12H,2,5-6,9,17H2,1H3. The number of amides is 1. The minimum Gasteiger partial charge on any atom is -0.339 e. The highest BCUT2D eigenvalue weighted by Gasteiger charge is 2.27. The van der Waals surface area contributed by atoms with Gasteiger partial charge < -0.3 is 10.6 Å². The second-order valence-corrected chi connectivity index (χ2v) is 4.70. The Kier molecular flexibility index (Phi) is 4.18. The Bertz CT molecular complexity index is 541. The van der Waals surface area contributed by atoms with Gasteiger partial charge in [0.15, 0.2) is 0 Å². The van der Waals surface area contributed by atoms with E-state index in [1.807, 2.05) is 0 Å². The molecule has 0 unspecified atom stereocenters. The average Bonchev–Trinajstić information content (AvgIpc) is 2.35. The SMILES string of the molecule is CN(C(=O)c1cc(C#CCN)ccc1F)C1CCC1. The fourth-order valence-corrected chi connectivity index (χ4v) is 2.05. The fraction of sp³-hybridized carbons (Fsp3) is 0.400. The van der Waals surface area contributed by atoms with Gasteiger partial charge in [-0.15, -0.1) is 0 Å². The van der Waals surface area contributed by atoms with Crippen LogP contribution < -0.4 is 5.73 Å². The molecule has 3 nitrogen and oxygen atoms in total. The van der Waals surface area contributed by atoms with Crippen molar-refractivity contribution in [3.8, 4) is 11.8 Å². The Balaban J connectivity index is 2.24. The van der Waals surface area contributed by atoms with Gasteiger partial charge in [-0.05, 0) is 37.5 Å². The number of hydrogen-bond donors (Lipinski definition) is 1. The molecule has 0 aromatic heterocycles. The van der Waals surface area contributed by atoms with Crippen LogP contribution in [-0.2, 0) is 0 Å². The Morgan fingerprint density at radius 1 is 1.53 bits per heavy atom. The summed E-state index contributed by atoms with van der Waals surface area (Å²) < 4.78 is 13.8. The zero-order valence-corrected chi connectivity index (χ0v) is 10.9. The second kappa shape index (κ2) is 5.85. The van der Waals surface area contributed by atoms with E-state index >= 15 is 0 Å². The maximum absolute atomic E-state index is 13.8. The Morgan fingerprint density at radius 3 is 2.84 bits per heavy atom. The topological polar surface area (TPSA) is 46.3 Å². The van der Waals surface area contributed by atoms with E-state index in [4.69, 9.17) is 5.73 Å². The van der Waals surface area contributed by atoms with Crippen LogP contribution in [-0.4, -0.2) is 30.4 Å². The molecule has 0 aliphatic heterocycles. The van der Waals surface area contributed by atoms with Gasteiger partial charge in [0, 0.05) is 18.7 Å². The predicted octanol–water partition coefficient (Wildman–Crippen LogP) is 1.76. The van der Waals surface area contributed by atoms with E-state index in [0.717, 1.165) is 19.3 Å². The molecular weight excluding hydrogens is 243 g/mol. The minimum atomic E-state index is -0.505. The number of nitrogens with zero attached hydrogens (tertiary/aromatic N) is 1. The van der Waals surface area contributed by atoms with Crippen LogP contribution in [0.1, 0.15) is 35.2 Å². The molecule has 1 aromatic carbocycles. The molecule has 1 aliphatic carbocycles. The van der Waals surface area contributed by atoms with E-state index in [0.29, 0.717) is 5.56 Å². The van der Waals surface area contributed by atoms with Crippen molar-refractivity contribution in [1.82, 2.24) is 4.90 Å². The molecule has 1 aliphatic rings. The van der Waals surface area contributed by atoms with Crippen molar-refractivity contribution < 1.29 is 9.18 Å². The summed E-state index contributed by atoms with van der Waals surface area (Å²) in [7, 11) is 1.73. The molecule has 0 spiro atoms. The van der Waals surface area contributed by atoms with Gasteiger partial charge in [-0.3, -0.25) is 4.79 Å². The normalized spacial score (nSPS) is 14.3. The van der Waals surface area contributed by atoms with Gasteiger partial charge in [0.2, 0.25) is 0 Å². The molecule has 0 atom stereocenters. The highest BCUT2D eigenvalue weighted by molar-refractivity contribution is 5.95. The summed E-state index contributed by atoms with van der Waals surface area (Å²) in [6.45, 7) is 0.239. The van der Waals surface area contributed by atoms with Gasteiger partial charge in [0.25, 0.3) is 5.91 Å². The van der Waals surface area contributed by atoms with Crippen LogP contribution in [0.15, 0.2) is 18.2 Å². The van der Waals surface area contributed by atoms with Crippen molar-refractivity contribution in [2.24, 2.45) is 5.73 Å². The van der Waals surface area contributed by atoms with E-state index in [-0.39, 0.29) is 24.1 Å². The molecule has 0 saturated heterocycles. The Hall–Kier alpha value is -1.86. The first-order valence-corrected chi connectivity index (χ1v) is 6.39. The van der Waals surface area contributed by atoms with Gasteiger partial charge in [0.1, 0.15) is 5.82 Å². The summed E-state index contributed by atoms with van der Waals surface area (Å²) in [4.78, 5) is 13.9. The van der Waals surface area contributed by atoms with E-state index in [2.05, 4.69) is 11.8 Å². The lowest BCUT2D eigenvalue weighted by atomic mass is 9.91. The summed E-state index contributed by atoms with van der Waals surface area (Å²) >= 11 is 0. The number of hydrogen-bond acceptors (Lipinski definition) is 2. The third-order valence-corrected chi connectivity index (χ3v) is 3.47. The third kappa shape index (κ3) is 2.94. The highest BCUT2D eigenvalue weighted by Crippen LogP contribution is 2.25. The van der Waals surface area contributed by atoms with Gasteiger partial charge in [0.05, 0.1) is 12.1 Å². The number of nitrogens with two attached hydrogens (primary N) is 1. The molecule has 0 bridgehead atoms. The van der Waals surface area contributed by atoms with Gasteiger partial charge in [-0.2, -0.15) is 0 Å². The first-order valence-electron chi connectivity index (χ1n) is 6.39. The van der Waals surface area contributed by atoms with E-state index < -0.39 is 5.82 Å². The van der Waals surface area contributed by atoms with Crippen molar-refractivity contribution >= 4 is 5.91 Å². The molecular formula is C15H17FN2O. The molecule has 1 amide bonds. The molecule has 1 aromatic rings. The van der Waals surface area contributed by atoms with E-state index in [9.17, 15) is 9.18 Å². The van der Waals surface area contributed by atoms with Gasteiger partial charge in [-0.25, -0.2) is 4.39 Å². The van der Waals surface area contributed by atoms with Crippen LogP contribution in [0.4, 0.5) is 4.39 Å². The molecule has 2 N–H and O–H groups in total. The zero-order chi connectivity index (χ0) is 13.8. The summed E-state index contributed by atoms with van der Waals surface area (Å²) in [5.74, 6) is 4.72. The van der Waals surface area contributed by atoms with Gasteiger partial charge in [-0.1, -0.05) is 11.8 Å². The van der Waals surface area contributed by atoms with Gasteiger partial charge >= 0.3 is 0 Å². The summed E-state index contributed by atoms with van der Waals surface area (Å²) in [5, 5.41) is 0.